The van der Waals surface area contributed by atoms with E-state index in [1.165, 1.54) is 0 Å². The highest BCUT2D eigenvalue weighted by Gasteiger charge is 2.16. The van der Waals surface area contributed by atoms with E-state index in [1.54, 1.807) is 6.92 Å². The lowest BCUT2D eigenvalue weighted by Gasteiger charge is -2.20. The van der Waals surface area contributed by atoms with Crippen LogP contribution in [0.1, 0.15) is 12.5 Å². The number of rotatable bonds is 5. The van der Waals surface area contributed by atoms with E-state index in [2.05, 4.69) is 5.32 Å². The van der Waals surface area contributed by atoms with Gasteiger partial charge >= 0.3 is 0 Å². The van der Waals surface area contributed by atoms with Crippen molar-refractivity contribution in [2.45, 2.75) is 13.3 Å². The van der Waals surface area contributed by atoms with Crippen LogP contribution in [0.5, 0.6) is 11.5 Å². The molecule has 5 nitrogen and oxygen atoms in total. The SMILES string of the molecule is CC(CN)C(=O)NCCc1cc(Cl)c2c(c1)OCCO2.Cl. The molecular formula is C14H20Cl2N2O3. The van der Waals surface area contributed by atoms with E-state index in [1.807, 2.05) is 12.1 Å². The van der Waals surface area contributed by atoms with E-state index in [4.69, 9.17) is 26.8 Å². The van der Waals surface area contributed by atoms with Crippen LogP contribution in [0.4, 0.5) is 0 Å². The van der Waals surface area contributed by atoms with Gasteiger partial charge in [0.15, 0.2) is 11.5 Å². The average Bonchev–Trinajstić information content (AvgIpc) is 2.46. The molecule has 1 aromatic rings. The van der Waals surface area contributed by atoms with Gasteiger partial charge < -0.3 is 20.5 Å². The van der Waals surface area contributed by atoms with Gasteiger partial charge in [-0.25, -0.2) is 0 Å². The number of amides is 1. The first kappa shape index (κ1) is 17.9. The third kappa shape index (κ3) is 4.66. The Balaban J connectivity index is 0.00000220. The van der Waals surface area contributed by atoms with Crippen molar-refractivity contribution >= 4 is 29.9 Å². The van der Waals surface area contributed by atoms with E-state index in [9.17, 15) is 4.79 Å². The molecule has 1 atom stereocenters. The maximum absolute atomic E-state index is 11.6. The predicted molar refractivity (Wildman–Crippen MR) is 84.6 cm³/mol. The normalized spacial score (nSPS) is 14.0. The smallest absolute Gasteiger partial charge is 0.224 e. The molecule has 0 fully saturated rings. The quantitative estimate of drug-likeness (QED) is 0.860. The number of hydrogen-bond acceptors (Lipinski definition) is 4. The lowest BCUT2D eigenvalue weighted by molar-refractivity contribution is -0.124. The van der Waals surface area contributed by atoms with Gasteiger partial charge in [-0.05, 0) is 24.1 Å². The minimum Gasteiger partial charge on any atom is -0.486 e. The van der Waals surface area contributed by atoms with Crippen molar-refractivity contribution in [3.05, 3.63) is 22.7 Å². The van der Waals surface area contributed by atoms with Gasteiger partial charge in [0.25, 0.3) is 0 Å². The molecule has 0 saturated heterocycles. The number of nitrogens with two attached hydrogens (primary N) is 1. The summed E-state index contributed by atoms with van der Waals surface area (Å²) >= 11 is 6.15. The second-order valence-electron chi connectivity index (χ2n) is 4.78. The zero-order valence-electron chi connectivity index (χ0n) is 11.9. The molecule has 21 heavy (non-hydrogen) atoms. The minimum atomic E-state index is -0.168. The van der Waals surface area contributed by atoms with Crippen molar-refractivity contribution in [3.8, 4) is 11.5 Å². The molecule has 0 aliphatic carbocycles. The van der Waals surface area contributed by atoms with E-state index < -0.39 is 0 Å². The maximum atomic E-state index is 11.6. The Bertz CT molecular complexity index is 497. The van der Waals surface area contributed by atoms with Gasteiger partial charge in [0.2, 0.25) is 5.91 Å². The summed E-state index contributed by atoms with van der Waals surface area (Å²) in [5, 5.41) is 3.39. The van der Waals surface area contributed by atoms with E-state index >= 15 is 0 Å². The average molecular weight is 335 g/mol. The monoisotopic (exact) mass is 334 g/mol. The maximum Gasteiger partial charge on any atom is 0.224 e. The Hall–Kier alpha value is -1.17. The predicted octanol–water partition coefficient (Wildman–Crippen LogP) is 1.79. The zero-order chi connectivity index (χ0) is 14.5. The van der Waals surface area contributed by atoms with Gasteiger partial charge in [-0.3, -0.25) is 4.79 Å². The van der Waals surface area contributed by atoms with Gasteiger partial charge in [-0.2, -0.15) is 0 Å². The van der Waals surface area contributed by atoms with Crippen molar-refractivity contribution in [2.75, 3.05) is 26.3 Å². The van der Waals surface area contributed by atoms with Crippen LogP contribution in [-0.4, -0.2) is 32.2 Å². The third-order valence-corrected chi connectivity index (χ3v) is 3.45. The Morgan fingerprint density at radius 3 is 2.86 bits per heavy atom. The largest absolute Gasteiger partial charge is 0.486 e. The van der Waals surface area contributed by atoms with Gasteiger partial charge in [0, 0.05) is 19.0 Å². The first-order chi connectivity index (χ1) is 9.61. The van der Waals surface area contributed by atoms with Crippen LogP contribution in [-0.2, 0) is 11.2 Å². The first-order valence-electron chi connectivity index (χ1n) is 6.67. The van der Waals surface area contributed by atoms with E-state index in [0.29, 0.717) is 49.2 Å². The second-order valence-corrected chi connectivity index (χ2v) is 5.19. The van der Waals surface area contributed by atoms with Crippen molar-refractivity contribution in [2.24, 2.45) is 11.7 Å². The van der Waals surface area contributed by atoms with Crippen LogP contribution in [0.2, 0.25) is 5.02 Å². The Kier molecular flexibility index (Phi) is 7.08. The fourth-order valence-corrected chi connectivity index (χ4v) is 2.21. The zero-order valence-corrected chi connectivity index (χ0v) is 13.4. The molecule has 0 saturated carbocycles. The number of carbonyl (C=O) groups excluding carboxylic acids is 1. The van der Waals surface area contributed by atoms with Gasteiger partial charge in [-0.15, -0.1) is 12.4 Å². The molecule has 118 valence electrons. The third-order valence-electron chi connectivity index (χ3n) is 3.17. The Labute approximate surface area is 135 Å². The van der Waals surface area contributed by atoms with Crippen molar-refractivity contribution in [1.29, 1.82) is 0 Å². The lowest BCUT2D eigenvalue weighted by Crippen LogP contribution is -2.34. The topological polar surface area (TPSA) is 73.6 Å². The molecule has 2 rings (SSSR count). The van der Waals surface area contributed by atoms with Crippen LogP contribution in [0, 0.1) is 5.92 Å². The molecule has 1 amide bonds. The number of hydrogen-bond donors (Lipinski definition) is 2. The molecule has 0 spiro atoms. The summed E-state index contributed by atoms with van der Waals surface area (Å²) in [6.07, 6.45) is 0.680. The van der Waals surface area contributed by atoms with E-state index in [0.717, 1.165) is 5.56 Å². The Morgan fingerprint density at radius 1 is 1.43 bits per heavy atom. The fraction of sp³-hybridized carbons (Fsp3) is 0.500. The Morgan fingerprint density at radius 2 is 2.14 bits per heavy atom. The van der Waals surface area contributed by atoms with Gasteiger partial charge in [0.1, 0.15) is 13.2 Å². The van der Waals surface area contributed by atoms with Gasteiger partial charge in [-0.1, -0.05) is 18.5 Å². The standard InChI is InChI=1S/C14H19ClN2O3.ClH/c1-9(8-16)14(18)17-3-2-10-6-11(15)13-12(7-10)19-4-5-20-13;/h6-7,9H,2-5,8,16H2,1H3,(H,17,18);1H. The summed E-state index contributed by atoms with van der Waals surface area (Å²) in [7, 11) is 0. The molecule has 3 N–H and O–H groups in total. The fourth-order valence-electron chi connectivity index (χ4n) is 1.92. The van der Waals surface area contributed by atoms with Crippen molar-refractivity contribution in [1.82, 2.24) is 5.32 Å². The van der Waals surface area contributed by atoms with Crippen molar-refractivity contribution < 1.29 is 14.3 Å². The summed E-state index contributed by atoms with van der Waals surface area (Å²) in [4.78, 5) is 11.6. The second kappa shape index (κ2) is 8.32. The highest BCUT2D eigenvalue weighted by atomic mass is 35.5. The molecule has 1 aliphatic rings. The molecular weight excluding hydrogens is 315 g/mol. The van der Waals surface area contributed by atoms with E-state index in [-0.39, 0.29) is 24.2 Å². The summed E-state index contributed by atoms with van der Waals surface area (Å²) in [5.74, 6) is 1.07. The number of halogens is 2. The van der Waals surface area contributed by atoms with Crippen molar-refractivity contribution in [3.63, 3.8) is 0 Å². The summed E-state index contributed by atoms with van der Waals surface area (Å²) in [6, 6.07) is 3.74. The molecule has 1 aromatic carbocycles. The molecule has 1 aliphatic heterocycles. The summed E-state index contributed by atoms with van der Waals surface area (Å²) < 4.78 is 11.0. The van der Waals surface area contributed by atoms with Crippen LogP contribution < -0.4 is 20.5 Å². The highest BCUT2D eigenvalue weighted by Crippen LogP contribution is 2.38. The van der Waals surface area contributed by atoms with Gasteiger partial charge in [0.05, 0.1) is 5.02 Å². The van der Waals surface area contributed by atoms with Crippen LogP contribution in [0.3, 0.4) is 0 Å². The van der Waals surface area contributed by atoms with Crippen LogP contribution >= 0.6 is 24.0 Å². The minimum absolute atomic E-state index is 0. The number of nitrogens with one attached hydrogen (secondary N) is 1. The number of fused-ring (bicyclic) bond motifs is 1. The molecule has 1 heterocycles. The molecule has 1 unspecified atom stereocenters. The number of carbonyl (C=O) groups is 1. The molecule has 0 aromatic heterocycles. The number of ether oxygens (including phenoxy) is 2. The molecule has 7 heteroatoms. The summed E-state index contributed by atoms with van der Waals surface area (Å²) in [6.45, 7) is 3.73. The van der Waals surface area contributed by atoms with Crippen LogP contribution in [0.25, 0.3) is 0 Å². The lowest BCUT2D eigenvalue weighted by atomic mass is 10.1. The molecule has 0 bridgehead atoms. The van der Waals surface area contributed by atoms with Crippen LogP contribution in [0.15, 0.2) is 12.1 Å². The molecule has 0 radical (unpaired) electrons. The number of benzene rings is 1. The summed E-state index contributed by atoms with van der Waals surface area (Å²) in [5.41, 5.74) is 6.44. The highest BCUT2D eigenvalue weighted by molar-refractivity contribution is 6.32. The first-order valence-corrected chi connectivity index (χ1v) is 7.05.